The van der Waals surface area contributed by atoms with Gasteiger partial charge in [0.25, 0.3) is 5.69 Å². The zero-order valence-corrected chi connectivity index (χ0v) is 9.18. The standard InChI is InChI=1S/C9H11N5O2/c1-4-6-8(10)12-13(3)9(6)11-5(2)7(4)14(15)16/h1-3H3,(H2,10,12). The van der Waals surface area contributed by atoms with Gasteiger partial charge in [-0.1, -0.05) is 0 Å². The summed E-state index contributed by atoms with van der Waals surface area (Å²) in [7, 11) is 1.70. The van der Waals surface area contributed by atoms with Gasteiger partial charge in [-0.3, -0.25) is 10.1 Å². The molecule has 0 aliphatic carbocycles. The van der Waals surface area contributed by atoms with Crippen molar-refractivity contribution in [2.75, 3.05) is 5.73 Å². The van der Waals surface area contributed by atoms with E-state index in [4.69, 9.17) is 5.73 Å². The van der Waals surface area contributed by atoms with Crippen LogP contribution in [0.5, 0.6) is 0 Å². The molecule has 84 valence electrons. The van der Waals surface area contributed by atoms with Gasteiger partial charge in [-0.2, -0.15) is 5.10 Å². The minimum atomic E-state index is -0.441. The molecular formula is C9H11N5O2. The molecule has 0 atom stereocenters. The van der Waals surface area contributed by atoms with Gasteiger partial charge in [0.2, 0.25) is 0 Å². The summed E-state index contributed by atoms with van der Waals surface area (Å²) in [6, 6.07) is 0. The van der Waals surface area contributed by atoms with E-state index in [0.29, 0.717) is 22.3 Å². The van der Waals surface area contributed by atoms with E-state index < -0.39 is 4.92 Å². The van der Waals surface area contributed by atoms with E-state index >= 15 is 0 Å². The van der Waals surface area contributed by atoms with Crippen molar-refractivity contribution in [3.63, 3.8) is 0 Å². The van der Waals surface area contributed by atoms with Gasteiger partial charge >= 0.3 is 0 Å². The van der Waals surface area contributed by atoms with Gasteiger partial charge in [0, 0.05) is 12.6 Å². The van der Waals surface area contributed by atoms with Crippen molar-refractivity contribution in [3.8, 4) is 0 Å². The minimum Gasteiger partial charge on any atom is -0.382 e. The second kappa shape index (κ2) is 3.16. The van der Waals surface area contributed by atoms with E-state index in [1.165, 1.54) is 4.68 Å². The molecule has 0 fully saturated rings. The summed E-state index contributed by atoms with van der Waals surface area (Å²) in [6.45, 7) is 3.26. The summed E-state index contributed by atoms with van der Waals surface area (Å²) < 4.78 is 1.52. The molecule has 0 saturated carbocycles. The highest BCUT2D eigenvalue weighted by Gasteiger charge is 2.22. The van der Waals surface area contributed by atoms with E-state index in [2.05, 4.69) is 10.1 Å². The van der Waals surface area contributed by atoms with Crippen molar-refractivity contribution in [1.82, 2.24) is 14.8 Å². The first-order valence-corrected chi connectivity index (χ1v) is 4.67. The average molecular weight is 221 g/mol. The Morgan fingerprint density at radius 1 is 1.44 bits per heavy atom. The van der Waals surface area contributed by atoms with Crippen molar-refractivity contribution >= 4 is 22.5 Å². The Morgan fingerprint density at radius 3 is 2.62 bits per heavy atom. The molecule has 2 rings (SSSR count). The monoisotopic (exact) mass is 221 g/mol. The van der Waals surface area contributed by atoms with Crippen molar-refractivity contribution in [3.05, 3.63) is 21.4 Å². The molecular weight excluding hydrogens is 210 g/mol. The molecule has 0 aliphatic rings. The molecule has 2 aromatic heterocycles. The largest absolute Gasteiger partial charge is 0.382 e. The predicted octanol–water partition coefficient (Wildman–Crippen LogP) is 1.08. The normalized spacial score (nSPS) is 10.9. The quantitative estimate of drug-likeness (QED) is 0.573. The molecule has 2 N–H and O–H groups in total. The number of nitrogen functional groups attached to an aromatic ring is 1. The third-order valence-corrected chi connectivity index (χ3v) is 2.57. The molecule has 0 bridgehead atoms. The molecule has 2 aromatic rings. The van der Waals surface area contributed by atoms with Crippen LogP contribution in [-0.4, -0.2) is 19.7 Å². The predicted molar refractivity (Wildman–Crippen MR) is 59.0 cm³/mol. The van der Waals surface area contributed by atoms with Crippen LogP contribution in [0.2, 0.25) is 0 Å². The van der Waals surface area contributed by atoms with Gasteiger partial charge < -0.3 is 5.73 Å². The third-order valence-electron chi connectivity index (χ3n) is 2.57. The number of fused-ring (bicyclic) bond motifs is 1. The summed E-state index contributed by atoms with van der Waals surface area (Å²) in [5.74, 6) is 0.269. The maximum Gasteiger partial charge on any atom is 0.294 e. The van der Waals surface area contributed by atoms with E-state index in [1.54, 1.807) is 20.9 Å². The molecule has 0 aromatic carbocycles. The van der Waals surface area contributed by atoms with Crippen LogP contribution in [0, 0.1) is 24.0 Å². The fourth-order valence-corrected chi connectivity index (χ4v) is 1.89. The zero-order chi connectivity index (χ0) is 12.0. The number of aryl methyl sites for hydroxylation is 3. The van der Waals surface area contributed by atoms with Gasteiger partial charge in [0.1, 0.15) is 5.69 Å². The van der Waals surface area contributed by atoms with Gasteiger partial charge in [0.15, 0.2) is 11.5 Å². The van der Waals surface area contributed by atoms with Crippen molar-refractivity contribution in [2.45, 2.75) is 13.8 Å². The fourth-order valence-electron chi connectivity index (χ4n) is 1.89. The van der Waals surface area contributed by atoms with Crippen molar-refractivity contribution in [2.24, 2.45) is 7.05 Å². The Kier molecular flexibility index (Phi) is 2.04. The lowest BCUT2D eigenvalue weighted by Gasteiger charge is -2.02. The number of pyridine rings is 1. The van der Waals surface area contributed by atoms with Gasteiger partial charge in [-0.25, -0.2) is 9.67 Å². The Morgan fingerprint density at radius 2 is 2.06 bits per heavy atom. The highest BCUT2D eigenvalue weighted by atomic mass is 16.6. The highest BCUT2D eigenvalue weighted by molar-refractivity contribution is 5.92. The lowest BCUT2D eigenvalue weighted by atomic mass is 10.1. The summed E-state index contributed by atoms with van der Waals surface area (Å²) >= 11 is 0. The van der Waals surface area contributed by atoms with E-state index in [1.807, 2.05) is 0 Å². The number of hydrogen-bond acceptors (Lipinski definition) is 5. The van der Waals surface area contributed by atoms with Crippen LogP contribution in [0.1, 0.15) is 11.3 Å². The average Bonchev–Trinajstić information content (AvgIpc) is 2.41. The number of nitrogens with zero attached hydrogens (tertiary/aromatic N) is 4. The SMILES string of the molecule is Cc1nc2c(c(N)nn2C)c(C)c1[N+](=O)[O-]. The van der Waals surface area contributed by atoms with Crippen LogP contribution in [-0.2, 0) is 7.05 Å². The molecule has 0 unspecified atom stereocenters. The Labute approximate surface area is 91.0 Å². The molecule has 0 amide bonds. The molecule has 7 nitrogen and oxygen atoms in total. The number of aromatic nitrogens is 3. The first kappa shape index (κ1) is 10.3. The van der Waals surface area contributed by atoms with Crippen LogP contribution in [0.15, 0.2) is 0 Å². The van der Waals surface area contributed by atoms with Crippen LogP contribution < -0.4 is 5.73 Å². The topological polar surface area (TPSA) is 99.9 Å². The van der Waals surface area contributed by atoms with E-state index in [-0.39, 0.29) is 11.5 Å². The first-order valence-electron chi connectivity index (χ1n) is 4.67. The van der Waals surface area contributed by atoms with E-state index in [0.717, 1.165) is 0 Å². The molecule has 16 heavy (non-hydrogen) atoms. The van der Waals surface area contributed by atoms with Gasteiger partial charge in [0.05, 0.1) is 10.3 Å². The number of nitrogens with two attached hydrogens (primary N) is 1. The molecule has 0 saturated heterocycles. The Bertz CT molecular complexity index is 602. The van der Waals surface area contributed by atoms with Crippen LogP contribution in [0.4, 0.5) is 11.5 Å². The van der Waals surface area contributed by atoms with Gasteiger partial charge in [-0.15, -0.1) is 0 Å². The fraction of sp³-hybridized carbons (Fsp3) is 0.333. The third kappa shape index (κ3) is 1.21. The zero-order valence-electron chi connectivity index (χ0n) is 9.18. The maximum absolute atomic E-state index is 10.9. The maximum atomic E-state index is 10.9. The molecule has 2 heterocycles. The number of nitro groups is 1. The smallest absolute Gasteiger partial charge is 0.294 e. The lowest BCUT2D eigenvalue weighted by molar-refractivity contribution is -0.386. The van der Waals surface area contributed by atoms with Crippen LogP contribution in [0.25, 0.3) is 11.0 Å². The highest BCUT2D eigenvalue weighted by Crippen LogP contribution is 2.31. The number of anilines is 1. The van der Waals surface area contributed by atoms with Crippen LogP contribution in [0.3, 0.4) is 0 Å². The summed E-state index contributed by atoms with van der Waals surface area (Å²) in [5.41, 5.74) is 7.16. The second-order valence-electron chi connectivity index (χ2n) is 3.64. The van der Waals surface area contributed by atoms with Crippen molar-refractivity contribution < 1.29 is 4.92 Å². The summed E-state index contributed by atoms with van der Waals surface area (Å²) in [4.78, 5) is 14.6. The Balaban J connectivity index is 2.98. The summed E-state index contributed by atoms with van der Waals surface area (Å²) in [6.07, 6.45) is 0. The molecule has 7 heteroatoms. The second-order valence-corrected chi connectivity index (χ2v) is 3.64. The van der Waals surface area contributed by atoms with Gasteiger partial charge in [-0.05, 0) is 13.8 Å². The van der Waals surface area contributed by atoms with E-state index in [9.17, 15) is 10.1 Å². The number of rotatable bonds is 1. The number of hydrogen-bond donors (Lipinski definition) is 1. The molecule has 0 aliphatic heterocycles. The minimum absolute atomic E-state index is 0.00667. The van der Waals surface area contributed by atoms with Crippen LogP contribution >= 0.6 is 0 Å². The Hall–Kier alpha value is -2.18. The molecule has 0 radical (unpaired) electrons. The first-order chi connectivity index (χ1) is 7.43. The summed E-state index contributed by atoms with van der Waals surface area (Å²) in [5, 5.41) is 15.5. The lowest BCUT2D eigenvalue weighted by Crippen LogP contribution is -2.00. The van der Waals surface area contributed by atoms with Crippen molar-refractivity contribution in [1.29, 1.82) is 0 Å². The molecule has 0 spiro atoms.